The van der Waals surface area contributed by atoms with Gasteiger partial charge in [-0.1, -0.05) is 13.0 Å². The summed E-state index contributed by atoms with van der Waals surface area (Å²) in [4.78, 5) is 41.3. The van der Waals surface area contributed by atoms with Crippen LogP contribution in [0.15, 0.2) is 30.6 Å². The first-order valence-electron chi connectivity index (χ1n) is 13.3. The second kappa shape index (κ2) is 11.0. The Morgan fingerprint density at radius 3 is 2.59 bits per heavy atom. The van der Waals surface area contributed by atoms with Gasteiger partial charge >= 0.3 is 6.09 Å². The van der Waals surface area contributed by atoms with Gasteiger partial charge in [0.05, 0.1) is 24.3 Å². The van der Waals surface area contributed by atoms with Gasteiger partial charge in [-0.2, -0.15) is 0 Å². The highest BCUT2D eigenvalue weighted by atomic mass is 16.6. The number of hydrogen-bond donors (Lipinski definition) is 0. The predicted octanol–water partition coefficient (Wildman–Crippen LogP) is 4.52. The molecule has 3 aromatic heterocycles. The summed E-state index contributed by atoms with van der Waals surface area (Å²) in [7, 11) is 3.61. The second-order valence-corrected chi connectivity index (χ2v) is 11.1. The minimum atomic E-state index is -0.620. The first kappa shape index (κ1) is 28.0. The van der Waals surface area contributed by atoms with Crippen LogP contribution in [0.3, 0.4) is 0 Å². The number of aromatic nitrogens is 5. The molecule has 0 saturated carbocycles. The lowest BCUT2D eigenvalue weighted by Gasteiger charge is -2.26. The molecule has 0 aromatic carbocycles. The number of anilines is 2. The monoisotopic (exact) mass is 534 g/mol. The zero-order valence-corrected chi connectivity index (χ0v) is 24.1. The lowest BCUT2D eigenvalue weighted by Crippen LogP contribution is -2.34. The minimum absolute atomic E-state index is 0.161. The van der Waals surface area contributed by atoms with Gasteiger partial charge in [0.1, 0.15) is 29.3 Å². The fourth-order valence-electron chi connectivity index (χ4n) is 4.30. The molecule has 0 aliphatic carbocycles. The number of amides is 2. The first-order valence-corrected chi connectivity index (χ1v) is 13.3. The van der Waals surface area contributed by atoms with Crippen LogP contribution in [0.2, 0.25) is 0 Å². The predicted molar refractivity (Wildman–Crippen MR) is 150 cm³/mol. The molecule has 0 spiro atoms. The zero-order chi connectivity index (χ0) is 28.5. The molecular formula is C28H38N8O3. The third-order valence-electron chi connectivity index (χ3n) is 6.54. The average Bonchev–Trinajstić information content (AvgIpc) is 3.47. The van der Waals surface area contributed by atoms with E-state index in [-0.39, 0.29) is 18.5 Å². The van der Waals surface area contributed by atoms with Crippen molar-refractivity contribution in [3.63, 3.8) is 0 Å². The fourth-order valence-corrected chi connectivity index (χ4v) is 4.30. The summed E-state index contributed by atoms with van der Waals surface area (Å²) in [5.74, 6) is 1.68. The molecule has 39 heavy (non-hydrogen) atoms. The van der Waals surface area contributed by atoms with Crippen molar-refractivity contribution in [2.45, 2.75) is 79.2 Å². The largest absolute Gasteiger partial charge is 0.444 e. The van der Waals surface area contributed by atoms with Gasteiger partial charge in [-0.15, -0.1) is 10.2 Å². The third kappa shape index (κ3) is 6.02. The highest BCUT2D eigenvalue weighted by Gasteiger charge is 2.34. The van der Waals surface area contributed by atoms with E-state index in [0.717, 1.165) is 18.5 Å². The van der Waals surface area contributed by atoms with Crippen LogP contribution in [0.1, 0.15) is 69.6 Å². The lowest BCUT2D eigenvalue weighted by atomic mass is 10.1. The number of hydrogen-bond acceptors (Lipinski definition) is 8. The molecule has 11 heteroatoms. The number of nitrogens with zero attached hydrogens (tertiary/aromatic N) is 8. The molecule has 0 bridgehead atoms. The van der Waals surface area contributed by atoms with Crippen molar-refractivity contribution in [1.82, 2.24) is 29.6 Å². The van der Waals surface area contributed by atoms with Crippen molar-refractivity contribution >= 4 is 23.6 Å². The topological polar surface area (TPSA) is 110 Å². The van der Waals surface area contributed by atoms with E-state index in [9.17, 15) is 9.59 Å². The summed E-state index contributed by atoms with van der Waals surface area (Å²) in [6, 6.07) is 7.54. The number of carbonyl (C=O) groups excluding carboxylic acids is 2. The summed E-state index contributed by atoms with van der Waals surface area (Å²) in [5.41, 5.74) is 2.01. The SMILES string of the molecule is CCCn1cnnc1-c1cccc(N2Cc3c(cc(N(C)C(C)C)nc3CN(C)C(=O)OC(C)(C)C)C2=O)n1. The van der Waals surface area contributed by atoms with Crippen LogP contribution in [0.4, 0.5) is 16.4 Å². The fraction of sp³-hybridized carbons (Fsp3) is 0.500. The van der Waals surface area contributed by atoms with Crippen LogP contribution < -0.4 is 9.80 Å². The van der Waals surface area contributed by atoms with Crippen LogP contribution >= 0.6 is 0 Å². The van der Waals surface area contributed by atoms with E-state index in [1.54, 1.807) is 18.3 Å². The maximum absolute atomic E-state index is 13.8. The van der Waals surface area contributed by atoms with E-state index in [0.29, 0.717) is 41.0 Å². The van der Waals surface area contributed by atoms with Gasteiger partial charge in [-0.05, 0) is 59.2 Å². The molecule has 2 amide bonds. The number of aryl methyl sites for hydroxylation is 1. The zero-order valence-electron chi connectivity index (χ0n) is 24.1. The average molecular weight is 535 g/mol. The Labute approximate surface area is 229 Å². The van der Waals surface area contributed by atoms with Crippen LogP contribution in [0.5, 0.6) is 0 Å². The molecule has 4 rings (SSSR count). The number of pyridine rings is 2. The molecule has 11 nitrogen and oxygen atoms in total. The number of fused-ring (bicyclic) bond motifs is 1. The quantitative estimate of drug-likeness (QED) is 0.415. The normalized spacial score (nSPS) is 13.2. The Morgan fingerprint density at radius 2 is 1.92 bits per heavy atom. The summed E-state index contributed by atoms with van der Waals surface area (Å²) in [6.07, 6.45) is 2.17. The van der Waals surface area contributed by atoms with E-state index < -0.39 is 11.7 Å². The maximum Gasteiger partial charge on any atom is 0.410 e. The second-order valence-electron chi connectivity index (χ2n) is 11.1. The van der Waals surface area contributed by atoms with Crippen LogP contribution in [0.25, 0.3) is 11.5 Å². The van der Waals surface area contributed by atoms with Crippen LogP contribution in [0, 0.1) is 0 Å². The van der Waals surface area contributed by atoms with Gasteiger partial charge in [-0.3, -0.25) is 9.69 Å². The smallest absolute Gasteiger partial charge is 0.410 e. The number of carbonyl (C=O) groups is 2. The molecule has 0 N–H and O–H groups in total. The molecule has 208 valence electrons. The lowest BCUT2D eigenvalue weighted by molar-refractivity contribution is 0.0282. The van der Waals surface area contributed by atoms with E-state index >= 15 is 0 Å². The van der Waals surface area contributed by atoms with E-state index in [2.05, 4.69) is 31.0 Å². The van der Waals surface area contributed by atoms with Gasteiger partial charge in [0.15, 0.2) is 5.82 Å². The Balaban J connectivity index is 1.70. The molecule has 1 aliphatic rings. The summed E-state index contributed by atoms with van der Waals surface area (Å²) >= 11 is 0. The van der Waals surface area contributed by atoms with Gasteiger partial charge in [0.2, 0.25) is 0 Å². The van der Waals surface area contributed by atoms with Crippen molar-refractivity contribution in [2.24, 2.45) is 0 Å². The van der Waals surface area contributed by atoms with Gasteiger partial charge in [0, 0.05) is 32.2 Å². The summed E-state index contributed by atoms with van der Waals surface area (Å²) in [6.45, 7) is 13.0. The molecule has 4 heterocycles. The third-order valence-corrected chi connectivity index (χ3v) is 6.54. The minimum Gasteiger partial charge on any atom is -0.444 e. The Morgan fingerprint density at radius 1 is 1.18 bits per heavy atom. The summed E-state index contributed by atoms with van der Waals surface area (Å²) < 4.78 is 7.50. The summed E-state index contributed by atoms with van der Waals surface area (Å²) in [5, 5.41) is 8.29. The van der Waals surface area contributed by atoms with E-state index in [4.69, 9.17) is 14.7 Å². The van der Waals surface area contributed by atoms with Crippen molar-refractivity contribution in [2.75, 3.05) is 23.9 Å². The Bertz CT molecular complexity index is 1360. The molecule has 0 unspecified atom stereocenters. The Hall–Kier alpha value is -4.02. The number of ether oxygens (including phenoxy) is 1. The molecule has 0 saturated heterocycles. The molecule has 0 radical (unpaired) electrons. The van der Waals surface area contributed by atoms with Crippen LogP contribution in [-0.2, 0) is 24.4 Å². The van der Waals surface area contributed by atoms with Crippen LogP contribution in [-0.4, -0.2) is 67.4 Å². The number of rotatable bonds is 8. The van der Waals surface area contributed by atoms with Crippen molar-refractivity contribution in [3.05, 3.63) is 47.4 Å². The maximum atomic E-state index is 13.8. The Kier molecular flexibility index (Phi) is 7.89. The van der Waals surface area contributed by atoms with Crippen molar-refractivity contribution in [3.8, 4) is 11.5 Å². The van der Waals surface area contributed by atoms with Gasteiger partial charge in [-0.25, -0.2) is 14.8 Å². The van der Waals surface area contributed by atoms with E-state index in [1.165, 1.54) is 4.90 Å². The molecule has 0 fully saturated rings. The van der Waals surface area contributed by atoms with Crippen molar-refractivity contribution in [1.29, 1.82) is 0 Å². The first-order chi connectivity index (χ1) is 18.4. The highest BCUT2D eigenvalue weighted by molar-refractivity contribution is 6.10. The molecular weight excluding hydrogens is 496 g/mol. The van der Waals surface area contributed by atoms with E-state index in [1.807, 2.05) is 61.6 Å². The standard InChI is InChI=1S/C28H38N8O3/c1-9-13-35-17-29-32-25(35)21-11-10-12-23(30-21)36-15-20-19(26(36)37)14-24(34(8)18(2)3)31-22(20)16-33(7)27(38)39-28(4,5)6/h10-12,14,17-18H,9,13,15-16H2,1-8H3. The van der Waals surface area contributed by atoms with Gasteiger partial charge < -0.3 is 19.1 Å². The highest BCUT2D eigenvalue weighted by Crippen LogP contribution is 2.33. The molecule has 1 aliphatic heterocycles. The molecule has 3 aromatic rings. The molecule has 0 atom stereocenters. The van der Waals surface area contributed by atoms with Gasteiger partial charge in [0.25, 0.3) is 5.91 Å². The van der Waals surface area contributed by atoms with Crippen molar-refractivity contribution < 1.29 is 14.3 Å².